The molecule has 1 aromatic carbocycles. The zero-order valence-corrected chi connectivity index (χ0v) is 12.9. The molecular formula is C15H24N2O2S. The van der Waals surface area contributed by atoms with E-state index >= 15 is 0 Å². The molecule has 1 saturated carbocycles. The number of nitrogens with two attached hydrogens (primary N) is 1. The zero-order valence-electron chi connectivity index (χ0n) is 12.1. The van der Waals surface area contributed by atoms with Gasteiger partial charge in [0.05, 0.1) is 10.9 Å². The van der Waals surface area contributed by atoms with E-state index in [-0.39, 0.29) is 5.25 Å². The second-order valence-electron chi connectivity index (χ2n) is 5.47. The summed E-state index contributed by atoms with van der Waals surface area (Å²) in [6.07, 6.45) is 5.54. The van der Waals surface area contributed by atoms with Gasteiger partial charge in [-0.1, -0.05) is 32.3 Å². The summed E-state index contributed by atoms with van der Waals surface area (Å²) in [7, 11) is -3.28. The van der Waals surface area contributed by atoms with E-state index in [1.807, 2.05) is 19.1 Å². The van der Waals surface area contributed by atoms with Crippen LogP contribution in [-0.2, 0) is 10.0 Å². The molecule has 1 aliphatic carbocycles. The van der Waals surface area contributed by atoms with Gasteiger partial charge in [-0.3, -0.25) is 4.31 Å². The summed E-state index contributed by atoms with van der Waals surface area (Å²) in [5.41, 5.74) is 7.08. The van der Waals surface area contributed by atoms with Gasteiger partial charge in [0.15, 0.2) is 0 Å². The van der Waals surface area contributed by atoms with Crippen LogP contribution in [0.2, 0.25) is 0 Å². The normalized spacial score (nSPS) is 17.1. The molecule has 0 aromatic heterocycles. The van der Waals surface area contributed by atoms with Crippen LogP contribution in [0.3, 0.4) is 0 Å². The van der Waals surface area contributed by atoms with E-state index in [1.54, 1.807) is 16.4 Å². The van der Waals surface area contributed by atoms with E-state index in [1.165, 1.54) is 0 Å². The minimum atomic E-state index is -3.28. The highest BCUT2D eigenvalue weighted by Gasteiger charge is 2.32. The van der Waals surface area contributed by atoms with Crippen LogP contribution >= 0.6 is 0 Å². The standard InChI is InChI=1S/C15H24N2O2S/c1-2-11-17(14-8-6-7-13(16)12-14)20(18,19)15-9-4-3-5-10-15/h6-8,12,15H,2-5,9-11,16H2,1H3. The molecule has 0 bridgehead atoms. The van der Waals surface area contributed by atoms with Crippen molar-refractivity contribution in [2.45, 2.75) is 50.7 Å². The average Bonchev–Trinajstić information content (AvgIpc) is 2.45. The topological polar surface area (TPSA) is 63.4 Å². The van der Waals surface area contributed by atoms with Gasteiger partial charge >= 0.3 is 0 Å². The SMILES string of the molecule is CCCN(c1cccc(N)c1)S(=O)(=O)C1CCCCC1. The average molecular weight is 296 g/mol. The van der Waals surface area contributed by atoms with Crippen LogP contribution in [0.15, 0.2) is 24.3 Å². The van der Waals surface area contributed by atoms with Gasteiger partial charge in [0, 0.05) is 12.2 Å². The summed E-state index contributed by atoms with van der Waals surface area (Å²) in [5, 5.41) is -0.232. The van der Waals surface area contributed by atoms with Gasteiger partial charge in [-0.2, -0.15) is 0 Å². The third kappa shape index (κ3) is 3.26. The first-order valence-electron chi connectivity index (χ1n) is 7.43. The first-order valence-corrected chi connectivity index (χ1v) is 8.93. The van der Waals surface area contributed by atoms with E-state index in [2.05, 4.69) is 0 Å². The molecule has 0 radical (unpaired) electrons. The Morgan fingerprint density at radius 3 is 2.55 bits per heavy atom. The van der Waals surface area contributed by atoms with Gasteiger partial charge in [0.1, 0.15) is 0 Å². The lowest BCUT2D eigenvalue weighted by Crippen LogP contribution is -2.40. The number of nitrogen functional groups attached to an aromatic ring is 1. The van der Waals surface area contributed by atoms with Crippen molar-refractivity contribution in [1.29, 1.82) is 0 Å². The van der Waals surface area contributed by atoms with Crippen LogP contribution in [0.1, 0.15) is 45.4 Å². The molecule has 112 valence electrons. The van der Waals surface area contributed by atoms with Gasteiger partial charge < -0.3 is 5.73 Å². The van der Waals surface area contributed by atoms with Crippen molar-refractivity contribution in [3.8, 4) is 0 Å². The minimum Gasteiger partial charge on any atom is -0.399 e. The number of nitrogens with zero attached hydrogens (tertiary/aromatic N) is 1. The molecule has 20 heavy (non-hydrogen) atoms. The Morgan fingerprint density at radius 2 is 1.95 bits per heavy atom. The maximum Gasteiger partial charge on any atom is 0.238 e. The van der Waals surface area contributed by atoms with Crippen LogP contribution < -0.4 is 10.0 Å². The van der Waals surface area contributed by atoms with Crippen molar-refractivity contribution in [2.24, 2.45) is 0 Å². The Labute approximate surface area is 122 Å². The molecule has 4 nitrogen and oxygen atoms in total. The van der Waals surface area contributed by atoms with Crippen molar-refractivity contribution >= 4 is 21.4 Å². The number of sulfonamides is 1. The van der Waals surface area contributed by atoms with Crippen LogP contribution in [0.25, 0.3) is 0 Å². The first kappa shape index (κ1) is 15.2. The number of hydrogen-bond acceptors (Lipinski definition) is 3. The van der Waals surface area contributed by atoms with Crippen LogP contribution in [0.4, 0.5) is 11.4 Å². The summed E-state index contributed by atoms with van der Waals surface area (Å²) < 4.78 is 27.3. The number of anilines is 2. The highest BCUT2D eigenvalue weighted by atomic mass is 32.2. The molecule has 1 aliphatic rings. The van der Waals surface area contributed by atoms with Crippen LogP contribution in [-0.4, -0.2) is 20.2 Å². The predicted molar refractivity (Wildman–Crippen MR) is 84.3 cm³/mol. The molecular weight excluding hydrogens is 272 g/mol. The van der Waals surface area contributed by atoms with Crippen molar-refractivity contribution < 1.29 is 8.42 Å². The van der Waals surface area contributed by atoms with Crippen LogP contribution in [0, 0.1) is 0 Å². The molecule has 0 saturated heterocycles. The summed E-state index contributed by atoms with van der Waals surface area (Å²) in [4.78, 5) is 0. The Hall–Kier alpha value is -1.23. The predicted octanol–water partition coefficient (Wildman–Crippen LogP) is 3.15. The van der Waals surface area contributed by atoms with Gasteiger partial charge in [-0.05, 0) is 37.5 Å². The number of hydrogen-bond donors (Lipinski definition) is 1. The third-order valence-corrected chi connectivity index (χ3v) is 6.19. The quantitative estimate of drug-likeness (QED) is 0.849. The summed E-state index contributed by atoms with van der Waals surface area (Å²) >= 11 is 0. The summed E-state index contributed by atoms with van der Waals surface area (Å²) in [5.74, 6) is 0. The van der Waals surface area contributed by atoms with E-state index in [4.69, 9.17) is 5.73 Å². The highest BCUT2D eigenvalue weighted by molar-refractivity contribution is 7.93. The van der Waals surface area contributed by atoms with E-state index in [0.717, 1.165) is 38.5 Å². The number of rotatable bonds is 5. The fourth-order valence-corrected chi connectivity index (χ4v) is 4.96. The molecule has 0 atom stereocenters. The lowest BCUT2D eigenvalue weighted by Gasteiger charge is -2.31. The molecule has 0 aliphatic heterocycles. The first-order chi connectivity index (χ1) is 9.55. The smallest absolute Gasteiger partial charge is 0.238 e. The van der Waals surface area contributed by atoms with Crippen LogP contribution in [0.5, 0.6) is 0 Å². The van der Waals surface area contributed by atoms with Gasteiger partial charge in [0.2, 0.25) is 10.0 Å². The second-order valence-corrected chi connectivity index (χ2v) is 7.61. The third-order valence-electron chi connectivity index (χ3n) is 3.87. The Balaban J connectivity index is 2.31. The Morgan fingerprint density at radius 1 is 1.25 bits per heavy atom. The Bertz CT molecular complexity index is 537. The Kier molecular flexibility index (Phi) is 4.91. The van der Waals surface area contributed by atoms with Crippen molar-refractivity contribution in [2.75, 3.05) is 16.6 Å². The fourth-order valence-electron chi connectivity index (χ4n) is 2.83. The molecule has 1 aromatic rings. The largest absolute Gasteiger partial charge is 0.399 e. The molecule has 0 heterocycles. The summed E-state index contributed by atoms with van der Waals surface area (Å²) in [6.45, 7) is 2.51. The maximum atomic E-state index is 12.9. The van der Waals surface area contributed by atoms with Crippen molar-refractivity contribution in [1.82, 2.24) is 0 Å². The lowest BCUT2D eigenvalue weighted by molar-refractivity contribution is 0.481. The molecule has 5 heteroatoms. The minimum absolute atomic E-state index is 0.232. The monoisotopic (exact) mass is 296 g/mol. The van der Waals surface area contributed by atoms with E-state index in [0.29, 0.717) is 17.9 Å². The van der Waals surface area contributed by atoms with Crippen molar-refractivity contribution in [3.05, 3.63) is 24.3 Å². The van der Waals surface area contributed by atoms with E-state index < -0.39 is 10.0 Å². The molecule has 2 N–H and O–H groups in total. The highest BCUT2D eigenvalue weighted by Crippen LogP contribution is 2.30. The molecule has 1 fully saturated rings. The van der Waals surface area contributed by atoms with Gasteiger partial charge in [0.25, 0.3) is 0 Å². The van der Waals surface area contributed by atoms with Crippen molar-refractivity contribution in [3.63, 3.8) is 0 Å². The lowest BCUT2D eigenvalue weighted by atomic mass is 10.0. The van der Waals surface area contributed by atoms with E-state index in [9.17, 15) is 8.42 Å². The summed E-state index contributed by atoms with van der Waals surface area (Å²) in [6, 6.07) is 7.16. The molecule has 0 unspecified atom stereocenters. The molecule has 2 rings (SSSR count). The van der Waals surface area contributed by atoms with Gasteiger partial charge in [-0.15, -0.1) is 0 Å². The second kappa shape index (κ2) is 6.48. The fraction of sp³-hybridized carbons (Fsp3) is 0.600. The molecule has 0 spiro atoms. The zero-order chi connectivity index (χ0) is 14.6. The molecule has 0 amide bonds. The maximum absolute atomic E-state index is 12.9. The number of benzene rings is 1. The van der Waals surface area contributed by atoms with Gasteiger partial charge in [-0.25, -0.2) is 8.42 Å².